The molecule has 0 bridgehead atoms. The Morgan fingerprint density at radius 1 is 0.731 bits per heavy atom. The van der Waals surface area contributed by atoms with Crippen LogP contribution in [-0.4, -0.2) is 45.5 Å². The van der Waals surface area contributed by atoms with Crippen LogP contribution >= 0.6 is 12.6 Å². The maximum absolute atomic E-state index is 13.2. The Morgan fingerprint density at radius 2 is 1.37 bits per heavy atom. The Bertz CT molecular complexity index is 2230. The molecule has 6 aromatic rings. The van der Waals surface area contributed by atoms with Crippen molar-refractivity contribution in [3.05, 3.63) is 149 Å². The van der Waals surface area contributed by atoms with Gasteiger partial charge in [-0.3, -0.25) is 14.4 Å². The molecule has 52 heavy (non-hydrogen) atoms. The molecular formula is C43H44N4O4S. The van der Waals surface area contributed by atoms with E-state index in [1.807, 2.05) is 75.4 Å². The Balaban J connectivity index is 0.000000401. The molecule has 0 spiro atoms. The fourth-order valence-corrected chi connectivity index (χ4v) is 5.90. The van der Waals surface area contributed by atoms with Gasteiger partial charge in [-0.25, -0.2) is 4.98 Å². The number of hydrogen-bond acceptors (Lipinski definition) is 6. The third kappa shape index (κ3) is 9.84. The largest absolute Gasteiger partial charge is 0.391 e. The zero-order valence-corrected chi connectivity index (χ0v) is 30.9. The summed E-state index contributed by atoms with van der Waals surface area (Å²) in [5.74, 6) is -0.979. The summed E-state index contributed by atoms with van der Waals surface area (Å²) < 4.78 is 0. The van der Waals surface area contributed by atoms with E-state index in [1.165, 1.54) is 10.8 Å². The average molecular weight is 713 g/mol. The van der Waals surface area contributed by atoms with Gasteiger partial charge in [-0.1, -0.05) is 78.9 Å². The molecule has 0 saturated carbocycles. The summed E-state index contributed by atoms with van der Waals surface area (Å²) >= 11 is 4.26. The molecule has 8 nitrogen and oxygen atoms in total. The molecule has 0 aliphatic heterocycles. The van der Waals surface area contributed by atoms with Crippen LogP contribution in [0.15, 0.2) is 126 Å². The van der Waals surface area contributed by atoms with Crippen LogP contribution in [0.2, 0.25) is 0 Å². The summed E-state index contributed by atoms with van der Waals surface area (Å²) in [6.45, 7) is 9.18. The van der Waals surface area contributed by atoms with Gasteiger partial charge in [0.1, 0.15) is 5.69 Å². The molecule has 0 saturated heterocycles. The number of aliphatic hydroxyl groups is 1. The van der Waals surface area contributed by atoms with Crippen LogP contribution in [0.3, 0.4) is 0 Å². The maximum atomic E-state index is 13.2. The second-order valence-corrected chi connectivity index (χ2v) is 14.3. The standard InChI is InChI=1S/C33H36N4O4.C10H8S/c1-20-24(14-10-16-26(20)36-32(41)28-18-17-22-11-7-9-15-27(22)35-28)30(39)34-21(2)29(38)19-23-12-6-8-13-25(23)31(40)37-33(3,4)5;11-10-6-5-8-3-1-2-4-9(8)7-10/h6-18,21,29,38H,19H2,1-5H3,(H,34,39)(H,36,41)(H,37,40);1-7,11H/t21-,29+;/m0./s1. The van der Waals surface area contributed by atoms with Crippen LogP contribution in [0.4, 0.5) is 5.69 Å². The first-order chi connectivity index (χ1) is 24.8. The minimum Gasteiger partial charge on any atom is -0.391 e. The number of rotatable bonds is 8. The summed E-state index contributed by atoms with van der Waals surface area (Å²) in [5.41, 5.74) is 3.21. The molecule has 0 aliphatic carbocycles. The number of pyridine rings is 1. The highest BCUT2D eigenvalue weighted by atomic mass is 32.1. The first-order valence-electron chi connectivity index (χ1n) is 17.1. The van der Waals surface area contributed by atoms with Crippen molar-refractivity contribution in [1.82, 2.24) is 15.6 Å². The number of aromatic nitrogens is 1. The van der Waals surface area contributed by atoms with Crippen LogP contribution in [0.25, 0.3) is 21.7 Å². The van der Waals surface area contributed by atoms with E-state index in [0.717, 1.165) is 15.8 Å². The molecule has 266 valence electrons. The van der Waals surface area contributed by atoms with Gasteiger partial charge in [0, 0.05) is 39.1 Å². The monoisotopic (exact) mass is 712 g/mol. The van der Waals surface area contributed by atoms with Crippen LogP contribution in [0.5, 0.6) is 0 Å². The van der Waals surface area contributed by atoms with Gasteiger partial charge in [0.25, 0.3) is 17.7 Å². The van der Waals surface area contributed by atoms with Gasteiger partial charge >= 0.3 is 0 Å². The highest BCUT2D eigenvalue weighted by Gasteiger charge is 2.23. The number of anilines is 1. The van der Waals surface area contributed by atoms with E-state index in [1.54, 1.807) is 56.3 Å². The van der Waals surface area contributed by atoms with Gasteiger partial charge in [-0.2, -0.15) is 0 Å². The van der Waals surface area contributed by atoms with Crippen molar-refractivity contribution in [1.29, 1.82) is 0 Å². The van der Waals surface area contributed by atoms with E-state index in [2.05, 4.69) is 57.8 Å². The van der Waals surface area contributed by atoms with E-state index in [0.29, 0.717) is 27.9 Å². The van der Waals surface area contributed by atoms with E-state index in [9.17, 15) is 19.5 Å². The highest BCUT2D eigenvalue weighted by Crippen LogP contribution is 2.22. The summed E-state index contributed by atoms with van der Waals surface area (Å²) in [4.78, 5) is 44.4. The number of nitrogens with one attached hydrogen (secondary N) is 3. The predicted octanol–water partition coefficient (Wildman–Crippen LogP) is 8.17. The van der Waals surface area contributed by atoms with Crippen molar-refractivity contribution in [2.45, 2.75) is 63.6 Å². The van der Waals surface area contributed by atoms with Crippen molar-refractivity contribution >= 4 is 57.7 Å². The molecule has 0 fully saturated rings. The quantitative estimate of drug-likeness (QED) is 0.102. The molecule has 2 atom stereocenters. The number of fused-ring (bicyclic) bond motifs is 2. The van der Waals surface area contributed by atoms with Crippen molar-refractivity contribution in [2.24, 2.45) is 0 Å². The number of aliphatic hydroxyl groups excluding tert-OH is 1. The second-order valence-electron chi connectivity index (χ2n) is 13.7. The molecule has 0 aliphatic rings. The minimum atomic E-state index is -0.940. The summed E-state index contributed by atoms with van der Waals surface area (Å²) in [7, 11) is 0. The zero-order valence-electron chi connectivity index (χ0n) is 30.0. The van der Waals surface area contributed by atoms with Gasteiger partial charge in [-0.15, -0.1) is 12.6 Å². The molecule has 1 aromatic heterocycles. The lowest BCUT2D eigenvalue weighted by Gasteiger charge is -2.24. The number of thiol groups is 1. The number of benzene rings is 5. The average Bonchev–Trinajstić information content (AvgIpc) is 3.11. The lowest BCUT2D eigenvalue weighted by atomic mass is 9.96. The smallest absolute Gasteiger partial charge is 0.274 e. The third-order valence-electron chi connectivity index (χ3n) is 8.51. The van der Waals surface area contributed by atoms with Crippen LogP contribution in [0.1, 0.15) is 70.0 Å². The number of carbonyl (C=O) groups is 3. The van der Waals surface area contributed by atoms with E-state index in [4.69, 9.17) is 0 Å². The van der Waals surface area contributed by atoms with Gasteiger partial charge in [0.2, 0.25) is 0 Å². The SMILES string of the molecule is Cc1c(NC(=O)c2ccc3ccccc3n2)cccc1C(=O)N[C@@H](C)[C@H](O)Cc1ccccc1C(=O)NC(C)(C)C.Sc1ccc2ccccc2c1. The minimum absolute atomic E-state index is 0.184. The molecule has 1 heterocycles. The fourth-order valence-electron chi connectivity index (χ4n) is 5.68. The van der Waals surface area contributed by atoms with E-state index in [-0.39, 0.29) is 29.8 Å². The Kier molecular flexibility index (Phi) is 12.1. The molecule has 9 heteroatoms. The molecule has 6 rings (SSSR count). The van der Waals surface area contributed by atoms with Crippen molar-refractivity contribution in [3.8, 4) is 0 Å². The Hall–Kier alpha value is -5.51. The number of carbonyl (C=O) groups excluding carboxylic acids is 3. The number of para-hydroxylation sites is 1. The lowest BCUT2D eigenvalue weighted by molar-refractivity contribution is 0.0845. The van der Waals surface area contributed by atoms with Gasteiger partial charge in [0.05, 0.1) is 17.7 Å². The first kappa shape index (κ1) is 37.7. The first-order valence-corrected chi connectivity index (χ1v) is 17.6. The maximum Gasteiger partial charge on any atom is 0.274 e. The highest BCUT2D eigenvalue weighted by molar-refractivity contribution is 7.80. The number of nitrogens with zero attached hydrogens (tertiary/aromatic N) is 1. The molecular weight excluding hydrogens is 669 g/mol. The molecule has 5 aromatic carbocycles. The zero-order chi connectivity index (χ0) is 37.4. The van der Waals surface area contributed by atoms with Gasteiger partial charge in [-0.05, 0) is 99.0 Å². The van der Waals surface area contributed by atoms with Crippen molar-refractivity contribution in [3.63, 3.8) is 0 Å². The van der Waals surface area contributed by atoms with E-state index < -0.39 is 17.7 Å². The number of amides is 3. The van der Waals surface area contributed by atoms with Crippen LogP contribution < -0.4 is 16.0 Å². The Morgan fingerprint density at radius 3 is 2.12 bits per heavy atom. The normalized spacial score (nSPS) is 12.3. The lowest BCUT2D eigenvalue weighted by Crippen LogP contribution is -2.43. The topological polar surface area (TPSA) is 120 Å². The van der Waals surface area contributed by atoms with Crippen LogP contribution in [0, 0.1) is 6.92 Å². The van der Waals surface area contributed by atoms with Crippen LogP contribution in [-0.2, 0) is 6.42 Å². The Labute approximate surface area is 310 Å². The molecule has 0 radical (unpaired) electrons. The molecule has 4 N–H and O–H groups in total. The predicted molar refractivity (Wildman–Crippen MR) is 212 cm³/mol. The third-order valence-corrected chi connectivity index (χ3v) is 8.78. The fraction of sp³-hybridized carbons (Fsp3) is 0.209. The summed E-state index contributed by atoms with van der Waals surface area (Å²) in [5, 5.41) is 23.1. The van der Waals surface area contributed by atoms with Crippen molar-refractivity contribution < 1.29 is 19.5 Å². The summed E-state index contributed by atoms with van der Waals surface area (Å²) in [6.07, 6.45) is -0.757. The number of hydrogen-bond donors (Lipinski definition) is 5. The molecule has 3 amide bonds. The molecule has 0 unspecified atom stereocenters. The van der Waals surface area contributed by atoms with E-state index >= 15 is 0 Å². The van der Waals surface area contributed by atoms with Gasteiger partial charge < -0.3 is 21.1 Å². The van der Waals surface area contributed by atoms with Crippen molar-refractivity contribution in [2.75, 3.05) is 5.32 Å². The van der Waals surface area contributed by atoms with Gasteiger partial charge in [0.15, 0.2) is 0 Å². The second kappa shape index (κ2) is 16.7. The summed E-state index contributed by atoms with van der Waals surface area (Å²) in [6, 6.07) is 37.1.